The Kier molecular flexibility index (Phi) is 4.78. The zero-order chi connectivity index (χ0) is 14.6. The molecule has 9 heteroatoms. The quantitative estimate of drug-likeness (QED) is 0.656. The van der Waals surface area contributed by atoms with Crippen molar-refractivity contribution in [3.8, 4) is 0 Å². The summed E-state index contributed by atoms with van der Waals surface area (Å²) in [4.78, 5) is 11.6. The number of rotatable bonds is 5. The summed E-state index contributed by atoms with van der Waals surface area (Å²) in [7, 11) is -2.29. The van der Waals surface area contributed by atoms with Gasteiger partial charge in [0.1, 0.15) is 11.4 Å². The van der Waals surface area contributed by atoms with Crippen LogP contribution >= 0.6 is 0 Å². The molecule has 1 aromatic rings. The van der Waals surface area contributed by atoms with E-state index in [9.17, 15) is 22.0 Å². The molecular formula is C10H13F2N3O3S. The first kappa shape index (κ1) is 15.3. The highest BCUT2D eigenvalue weighted by atomic mass is 32.2. The number of benzene rings is 1. The van der Waals surface area contributed by atoms with Gasteiger partial charge in [-0.2, -0.15) is 0 Å². The Morgan fingerprint density at radius 1 is 1.37 bits per heavy atom. The van der Waals surface area contributed by atoms with Gasteiger partial charge in [-0.15, -0.1) is 0 Å². The maximum Gasteiger partial charge on any atom is 0.257 e. The Morgan fingerprint density at radius 2 is 2.00 bits per heavy atom. The molecule has 0 saturated carbocycles. The fourth-order valence-electron chi connectivity index (χ4n) is 1.27. The van der Waals surface area contributed by atoms with E-state index in [1.165, 1.54) is 7.05 Å². The minimum Gasteiger partial charge on any atom is -0.396 e. The second-order valence-electron chi connectivity index (χ2n) is 3.60. The van der Waals surface area contributed by atoms with Crippen molar-refractivity contribution in [3.05, 3.63) is 29.3 Å². The number of anilines is 1. The van der Waals surface area contributed by atoms with Crippen molar-refractivity contribution in [2.75, 3.05) is 25.1 Å². The van der Waals surface area contributed by atoms with Gasteiger partial charge in [0.2, 0.25) is 10.0 Å². The third-order valence-electron chi connectivity index (χ3n) is 2.32. The van der Waals surface area contributed by atoms with Crippen molar-refractivity contribution in [1.29, 1.82) is 0 Å². The van der Waals surface area contributed by atoms with Crippen molar-refractivity contribution in [1.82, 2.24) is 10.0 Å². The van der Waals surface area contributed by atoms with Crippen LogP contribution in [-0.2, 0) is 10.0 Å². The first-order valence-electron chi connectivity index (χ1n) is 5.21. The molecule has 0 saturated heterocycles. The van der Waals surface area contributed by atoms with E-state index in [-0.39, 0.29) is 12.2 Å². The van der Waals surface area contributed by atoms with Gasteiger partial charge in [-0.05, 0) is 19.2 Å². The van der Waals surface area contributed by atoms with Crippen LogP contribution < -0.4 is 15.8 Å². The van der Waals surface area contributed by atoms with E-state index in [0.717, 1.165) is 12.1 Å². The lowest BCUT2D eigenvalue weighted by atomic mass is 10.1. The number of sulfonamides is 1. The fourth-order valence-corrected chi connectivity index (χ4v) is 1.84. The molecule has 0 bridgehead atoms. The average molecular weight is 293 g/mol. The first-order valence-corrected chi connectivity index (χ1v) is 6.86. The van der Waals surface area contributed by atoms with Gasteiger partial charge in [-0.25, -0.2) is 21.9 Å². The molecule has 0 heterocycles. The van der Waals surface area contributed by atoms with Crippen LogP contribution in [0.15, 0.2) is 12.1 Å². The lowest BCUT2D eigenvalue weighted by Gasteiger charge is -2.08. The number of nitrogens with one attached hydrogen (secondary N) is 2. The summed E-state index contributed by atoms with van der Waals surface area (Å²) in [5, 5.41) is 2.10. The number of carbonyl (C=O) groups excluding carboxylic acids is 1. The Hall–Kier alpha value is -1.74. The standard InChI is InChI=1S/C10H13F2N3O3S/c1-14-19(17,18)5-4-15-10(16)8-6(11)2-3-7(13)9(8)12/h2-3,14H,4-5,13H2,1H3,(H,15,16). The van der Waals surface area contributed by atoms with E-state index >= 15 is 0 Å². The van der Waals surface area contributed by atoms with Crippen LogP contribution in [-0.4, -0.2) is 33.7 Å². The van der Waals surface area contributed by atoms with E-state index < -0.39 is 38.9 Å². The van der Waals surface area contributed by atoms with Crippen LogP contribution in [0, 0.1) is 11.6 Å². The molecular weight excluding hydrogens is 280 g/mol. The molecule has 0 fully saturated rings. The molecule has 106 valence electrons. The Balaban J connectivity index is 2.78. The summed E-state index contributed by atoms with van der Waals surface area (Å²) in [6, 6.07) is 1.85. The highest BCUT2D eigenvalue weighted by Crippen LogP contribution is 2.18. The highest BCUT2D eigenvalue weighted by molar-refractivity contribution is 7.89. The number of hydrogen-bond donors (Lipinski definition) is 3. The molecule has 0 aromatic heterocycles. The van der Waals surface area contributed by atoms with Crippen LogP contribution in [0.25, 0.3) is 0 Å². The SMILES string of the molecule is CNS(=O)(=O)CCNC(=O)c1c(F)ccc(N)c1F. The van der Waals surface area contributed by atoms with E-state index in [1.54, 1.807) is 0 Å². The molecule has 6 nitrogen and oxygen atoms in total. The zero-order valence-corrected chi connectivity index (χ0v) is 10.9. The van der Waals surface area contributed by atoms with Crippen LogP contribution in [0.4, 0.5) is 14.5 Å². The van der Waals surface area contributed by atoms with Gasteiger partial charge < -0.3 is 11.1 Å². The van der Waals surface area contributed by atoms with Gasteiger partial charge in [-0.1, -0.05) is 0 Å². The Bertz CT molecular complexity index is 590. The van der Waals surface area contributed by atoms with Crippen LogP contribution in [0.2, 0.25) is 0 Å². The van der Waals surface area contributed by atoms with E-state index in [0.29, 0.717) is 0 Å². The number of hydrogen-bond acceptors (Lipinski definition) is 4. The predicted octanol–water partition coefficient (Wildman–Crippen LogP) is -0.174. The van der Waals surface area contributed by atoms with Crippen molar-refractivity contribution < 1.29 is 22.0 Å². The zero-order valence-electron chi connectivity index (χ0n) is 10.0. The van der Waals surface area contributed by atoms with Crippen LogP contribution in [0.3, 0.4) is 0 Å². The summed E-state index contributed by atoms with van der Waals surface area (Å²) in [5.41, 5.74) is 4.02. The molecule has 19 heavy (non-hydrogen) atoms. The third-order valence-corrected chi connectivity index (χ3v) is 3.68. The second kappa shape index (κ2) is 5.93. The van der Waals surface area contributed by atoms with Crippen LogP contribution in [0.1, 0.15) is 10.4 Å². The third kappa shape index (κ3) is 3.86. The smallest absolute Gasteiger partial charge is 0.257 e. The lowest BCUT2D eigenvalue weighted by molar-refractivity contribution is 0.0948. The van der Waals surface area contributed by atoms with E-state index in [1.807, 2.05) is 4.72 Å². The summed E-state index contributed by atoms with van der Waals surface area (Å²) in [5.74, 6) is -3.70. The topological polar surface area (TPSA) is 101 Å². The molecule has 0 aliphatic heterocycles. The molecule has 0 radical (unpaired) electrons. The number of nitrogens with two attached hydrogens (primary N) is 1. The van der Waals surface area contributed by atoms with Gasteiger partial charge in [0.25, 0.3) is 5.91 Å². The Morgan fingerprint density at radius 3 is 2.58 bits per heavy atom. The van der Waals surface area contributed by atoms with Gasteiger partial charge in [0.15, 0.2) is 5.82 Å². The predicted molar refractivity (Wildman–Crippen MR) is 66.0 cm³/mol. The van der Waals surface area contributed by atoms with Crippen LogP contribution in [0.5, 0.6) is 0 Å². The normalized spacial score (nSPS) is 11.3. The van der Waals surface area contributed by atoms with Gasteiger partial charge >= 0.3 is 0 Å². The average Bonchev–Trinajstić information content (AvgIpc) is 2.34. The molecule has 0 unspecified atom stereocenters. The molecule has 0 spiro atoms. The van der Waals surface area contributed by atoms with E-state index in [4.69, 9.17) is 5.73 Å². The Labute approximate surface area is 109 Å². The summed E-state index contributed by atoms with van der Waals surface area (Å²) >= 11 is 0. The van der Waals surface area contributed by atoms with Gasteiger partial charge in [0.05, 0.1) is 11.4 Å². The summed E-state index contributed by atoms with van der Waals surface area (Å²) in [6.45, 7) is -0.282. The number of amides is 1. The van der Waals surface area contributed by atoms with Gasteiger partial charge in [0, 0.05) is 6.54 Å². The molecule has 1 amide bonds. The molecule has 0 aliphatic carbocycles. The van der Waals surface area contributed by atoms with Crippen molar-refractivity contribution in [2.24, 2.45) is 0 Å². The summed E-state index contributed by atoms with van der Waals surface area (Å²) < 4.78 is 51.0. The molecule has 1 rings (SSSR count). The van der Waals surface area contributed by atoms with Crippen molar-refractivity contribution in [2.45, 2.75) is 0 Å². The monoisotopic (exact) mass is 293 g/mol. The lowest BCUT2D eigenvalue weighted by Crippen LogP contribution is -2.33. The summed E-state index contributed by atoms with van der Waals surface area (Å²) in [6.07, 6.45) is 0. The molecule has 4 N–H and O–H groups in total. The minimum absolute atomic E-state index is 0.282. The molecule has 0 atom stereocenters. The maximum atomic E-state index is 13.5. The molecule has 0 aliphatic rings. The largest absolute Gasteiger partial charge is 0.396 e. The first-order chi connectivity index (χ1) is 8.78. The van der Waals surface area contributed by atoms with Crippen molar-refractivity contribution >= 4 is 21.6 Å². The second-order valence-corrected chi connectivity index (χ2v) is 5.65. The number of nitrogen functional groups attached to an aromatic ring is 1. The van der Waals surface area contributed by atoms with E-state index in [2.05, 4.69) is 5.32 Å². The number of carbonyl (C=O) groups is 1. The minimum atomic E-state index is -3.50. The number of halogens is 2. The van der Waals surface area contributed by atoms with Crippen molar-refractivity contribution in [3.63, 3.8) is 0 Å². The highest BCUT2D eigenvalue weighted by Gasteiger charge is 2.19. The van der Waals surface area contributed by atoms with Gasteiger partial charge in [-0.3, -0.25) is 4.79 Å². The molecule has 1 aromatic carbocycles. The maximum absolute atomic E-state index is 13.5. The fraction of sp³-hybridized carbons (Fsp3) is 0.300.